The van der Waals surface area contributed by atoms with Gasteiger partial charge < -0.3 is 14.5 Å². The summed E-state index contributed by atoms with van der Waals surface area (Å²) in [6, 6.07) is 9.83. The van der Waals surface area contributed by atoms with Gasteiger partial charge in [-0.1, -0.05) is 12.1 Å². The molecule has 2 rings (SSSR count). The van der Waals surface area contributed by atoms with Gasteiger partial charge in [0.1, 0.15) is 12.7 Å². The molecule has 1 heterocycles. The number of methoxy groups -OCH3 is 1. The van der Waals surface area contributed by atoms with E-state index in [0.29, 0.717) is 12.1 Å². The Hall–Kier alpha value is -2.06. The van der Waals surface area contributed by atoms with E-state index in [1.807, 2.05) is 29.2 Å². The van der Waals surface area contributed by atoms with E-state index in [4.69, 9.17) is 4.74 Å². The standard InChI is InChI=1S/C15H19N3O2/c1-20-12-15(19)18-8-4-7-17(9-10-18)14-6-3-2-5-13(14)11-16/h2-3,5-6H,4,7-10,12H2,1H3. The first-order valence-electron chi connectivity index (χ1n) is 6.77. The van der Waals surface area contributed by atoms with Crippen molar-refractivity contribution in [2.75, 3.05) is 44.8 Å². The minimum Gasteiger partial charge on any atom is -0.375 e. The van der Waals surface area contributed by atoms with Gasteiger partial charge in [-0.05, 0) is 18.6 Å². The lowest BCUT2D eigenvalue weighted by Crippen LogP contribution is -2.37. The van der Waals surface area contributed by atoms with E-state index in [2.05, 4.69) is 11.0 Å². The average molecular weight is 273 g/mol. The summed E-state index contributed by atoms with van der Waals surface area (Å²) in [7, 11) is 1.53. The molecule has 0 atom stereocenters. The van der Waals surface area contributed by atoms with Crippen LogP contribution in [0.2, 0.25) is 0 Å². The Morgan fingerprint density at radius 2 is 2.10 bits per heavy atom. The molecule has 1 aliphatic rings. The number of amides is 1. The molecule has 5 heteroatoms. The fourth-order valence-electron chi connectivity index (χ4n) is 2.47. The molecule has 1 aromatic carbocycles. The molecule has 5 nitrogen and oxygen atoms in total. The van der Waals surface area contributed by atoms with Crippen LogP contribution >= 0.6 is 0 Å². The molecule has 20 heavy (non-hydrogen) atoms. The second kappa shape index (κ2) is 6.92. The van der Waals surface area contributed by atoms with Gasteiger partial charge in [0, 0.05) is 33.3 Å². The lowest BCUT2D eigenvalue weighted by molar-refractivity contribution is -0.134. The first kappa shape index (κ1) is 14.4. The van der Waals surface area contributed by atoms with Crippen molar-refractivity contribution in [3.63, 3.8) is 0 Å². The Balaban J connectivity index is 2.06. The first-order chi connectivity index (χ1) is 9.76. The van der Waals surface area contributed by atoms with Gasteiger partial charge >= 0.3 is 0 Å². The van der Waals surface area contributed by atoms with Crippen molar-refractivity contribution in [1.82, 2.24) is 4.90 Å². The van der Waals surface area contributed by atoms with Crippen LogP contribution in [-0.4, -0.2) is 50.7 Å². The highest BCUT2D eigenvalue weighted by atomic mass is 16.5. The number of nitrogens with zero attached hydrogens (tertiary/aromatic N) is 3. The molecule has 1 aromatic rings. The fourth-order valence-corrected chi connectivity index (χ4v) is 2.47. The number of carbonyl (C=O) groups excluding carboxylic acids is 1. The maximum absolute atomic E-state index is 11.8. The van der Waals surface area contributed by atoms with Gasteiger partial charge in [0.15, 0.2) is 0 Å². The van der Waals surface area contributed by atoms with E-state index in [-0.39, 0.29) is 12.5 Å². The maximum atomic E-state index is 11.8. The Labute approximate surface area is 119 Å². The molecule has 1 saturated heterocycles. The van der Waals surface area contributed by atoms with Gasteiger partial charge in [-0.3, -0.25) is 4.79 Å². The zero-order valence-corrected chi connectivity index (χ0v) is 11.7. The smallest absolute Gasteiger partial charge is 0.248 e. The number of benzene rings is 1. The summed E-state index contributed by atoms with van der Waals surface area (Å²) in [4.78, 5) is 15.9. The van der Waals surface area contributed by atoms with Crippen molar-refractivity contribution in [1.29, 1.82) is 5.26 Å². The third-order valence-corrected chi connectivity index (χ3v) is 3.48. The second-order valence-electron chi connectivity index (χ2n) is 4.78. The number of hydrogen-bond acceptors (Lipinski definition) is 4. The molecule has 0 unspecified atom stereocenters. The summed E-state index contributed by atoms with van der Waals surface area (Å²) in [5.74, 6) is 0.0305. The zero-order chi connectivity index (χ0) is 14.4. The third-order valence-electron chi connectivity index (χ3n) is 3.48. The summed E-state index contributed by atoms with van der Waals surface area (Å²) in [5.41, 5.74) is 1.64. The lowest BCUT2D eigenvalue weighted by Gasteiger charge is -2.24. The van der Waals surface area contributed by atoms with Crippen molar-refractivity contribution in [2.24, 2.45) is 0 Å². The quantitative estimate of drug-likeness (QED) is 0.831. The van der Waals surface area contributed by atoms with Crippen LogP contribution in [0, 0.1) is 11.3 Å². The molecular formula is C15H19N3O2. The topological polar surface area (TPSA) is 56.6 Å². The number of anilines is 1. The first-order valence-corrected chi connectivity index (χ1v) is 6.77. The number of ether oxygens (including phenoxy) is 1. The van der Waals surface area contributed by atoms with Crippen molar-refractivity contribution < 1.29 is 9.53 Å². The molecule has 0 saturated carbocycles. The number of rotatable bonds is 3. The molecule has 0 aromatic heterocycles. The van der Waals surface area contributed by atoms with E-state index in [0.717, 1.165) is 31.7 Å². The molecule has 0 N–H and O–H groups in total. The molecule has 0 aliphatic carbocycles. The Bertz CT molecular complexity index is 510. The van der Waals surface area contributed by atoms with Crippen molar-refractivity contribution >= 4 is 11.6 Å². The van der Waals surface area contributed by atoms with Gasteiger partial charge in [0.2, 0.25) is 5.91 Å². The SMILES string of the molecule is COCC(=O)N1CCCN(c2ccccc2C#N)CC1. The predicted molar refractivity (Wildman–Crippen MR) is 76.4 cm³/mol. The van der Waals surface area contributed by atoms with Crippen LogP contribution in [0.25, 0.3) is 0 Å². The summed E-state index contributed by atoms with van der Waals surface area (Å²) < 4.78 is 4.90. The molecular weight excluding hydrogens is 254 g/mol. The van der Waals surface area contributed by atoms with Crippen LogP contribution in [0.5, 0.6) is 0 Å². The summed E-state index contributed by atoms with van der Waals surface area (Å²) in [6.45, 7) is 3.15. The van der Waals surface area contributed by atoms with Crippen LogP contribution in [0.15, 0.2) is 24.3 Å². The second-order valence-corrected chi connectivity index (χ2v) is 4.78. The predicted octanol–water partition coefficient (Wildman–Crippen LogP) is 1.24. The van der Waals surface area contributed by atoms with E-state index in [1.165, 1.54) is 7.11 Å². The van der Waals surface area contributed by atoms with Gasteiger partial charge in [-0.15, -0.1) is 0 Å². The lowest BCUT2D eigenvalue weighted by atomic mass is 10.1. The average Bonchev–Trinajstić information content (AvgIpc) is 2.73. The van der Waals surface area contributed by atoms with Crippen LogP contribution in [0.4, 0.5) is 5.69 Å². The highest BCUT2D eigenvalue weighted by molar-refractivity contribution is 5.77. The minimum absolute atomic E-state index is 0.0305. The zero-order valence-electron chi connectivity index (χ0n) is 11.7. The number of para-hydroxylation sites is 1. The molecule has 106 valence electrons. The summed E-state index contributed by atoms with van der Waals surface area (Å²) in [5, 5.41) is 9.17. The monoisotopic (exact) mass is 273 g/mol. The molecule has 0 bridgehead atoms. The highest BCUT2D eigenvalue weighted by Gasteiger charge is 2.20. The number of carbonyl (C=O) groups is 1. The van der Waals surface area contributed by atoms with Crippen LogP contribution in [0.1, 0.15) is 12.0 Å². The largest absolute Gasteiger partial charge is 0.375 e. The van der Waals surface area contributed by atoms with Crippen LogP contribution in [0.3, 0.4) is 0 Å². The molecule has 0 spiro atoms. The minimum atomic E-state index is 0.0305. The number of nitriles is 1. The Morgan fingerprint density at radius 1 is 1.30 bits per heavy atom. The van der Waals surface area contributed by atoms with Crippen molar-refractivity contribution in [3.05, 3.63) is 29.8 Å². The van der Waals surface area contributed by atoms with Crippen LogP contribution in [-0.2, 0) is 9.53 Å². The van der Waals surface area contributed by atoms with Crippen molar-refractivity contribution in [3.8, 4) is 6.07 Å². The molecule has 0 radical (unpaired) electrons. The van der Waals surface area contributed by atoms with E-state index >= 15 is 0 Å². The van der Waals surface area contributed by atoms with Gasteiger partial charge in [-0.25, -0.2) is 0 Å². The van der Waals surface area contributed by atoms with E-state index < -0.39 is 0 Å². The maximum Gasteiger partial charge on any atom is 0.248 e. The molecule has 1 aliphatic heterocycles. The van der Waals surface area contributed by atoms with Gasteiger partial charge in [0.25, 0.3) is 0 Å². The van der Waals surface area contributed by atoms with Crippen LogP contribution < -0.4 is 4.90 Å². The summed E-state index contributed by atoms with van der Waals surface area (Å²) in [6.07, 6.45) is 0.898. The van der Waals surface area contributed by atoms with E-state index in [1.54, 1.807) is 0 Å². The van der Waals surface area contributed by atoms with Gasteiger partial charge in [0.05, 0.1) is 11.3 Å². The van der Waals surface area contributed by atoms with Crippen molar-refractivity contribution in [2.45, 2.75) is 6.42 Å². The Kier molecular flexibility index (Phi) is 4.97. The highest BCUT2D eigenvalue weighted by Crippen LogP contribution is 2.21. The number of hydrogen-bond donors (Lipinski definition) is 0. The normalized spacial score (nSPS) is 15.6. The fraction of sp³-hybridized carbons (Fsp3) is 0.467. The van der Waals surface area contributed by atoms with E-state index in [9.17, 15) is 10.1 Å². The molecule has 1 fully saturated rings. The summed E-state index contributed by atoms with van der Waals surface area (Å²) >= 11 is 0. The van der Waals surface area contributed by atoms with Gasteiger partial charge in [-0.2, -0.15) is 5.26 Å². The Morgan fingerprint density at radius 3 is 2.85 bits per heavy atom. The third kappa shape index (κ3) is 3.28. The molecule has 1 amide bonds.